The molecule has 0 saturated heterocycles. The topological polar surface area (TPSA) is 73.9 Å². The smallest absolute Gasteiger partial charge is 0.338 e. The first-order chi connectivity index (χ1) is 14.3. The molecule has 1 N–H and O–H groups in total. The number of ether oxygens (including phenoxy) is 3. The Bertz CT molecular complexity index is 851. The van der Waals surface area contributed by atoms with Crippen molar-refractivity contribution in [1.82, 2.24) is 5.32 Å². The number of carbonyl (C=O) groups is 2. The highest BCUT2D eigenvalue weighted by molar-refractivity contribution is 6.31. The van der Waals surface area contributed by atoms with E-state index in [0.717, 1.165) is 5.56 Å². The Morgan fingerprint density at radius 3 is 2.37 bits per heavy atom. The van der Waals surface area contributed by atoms with E-state index >= 15 is 0 Å². The summed E-state index contributed by atoms with van der Waals surface area (Å²) in [5, 5.41) is 3.38. The average Bonchev–Trinajstić information content (AvgIpc) is 2.72. The van der Waals surface area contributed by atoms with Crippen LogP contribution >= 0.6 is 11.6 Å². The Balaban J connectivity index is 2.05. The maximum absolute atomic E-state index is 12.8. The number of benzene rings is 2. The van der Waals surface area contributed by atoms with E-state index in [-0.39, 0.29) is 24.0 Å². The van der Waals surface area contributed by atoms with E-state index in [9.17, 15) is 9.59 Å². The molecule has 0 aliphatic rings. The van der Waals surface area contributed by atoms with E-state index in [4.69, 9.17) is 25.8 Å². The van der Waals surface area contributed by atoms with Crippen LogP contribution in [0.2, 0.25) is 5.02 Å². The SMILES string of the molecule is CCOC(=O)c1ccc([C@H](C)NC(=O)c2cc(Cl)ccc2OCCOC(C)C)cc1. The lowest BCUT2D eigenvalue weighted by Gasteiger charge is -2.17. The minimum absolute atomic E-state index is 0.109. The third-order valence-corrected chi connectivity index (χ3v) is 4.48. The lowest BCUT2D eigenvalue weighted by atomic mass is 10.1. The summed E-state index contributed by atoms with van der Waals surface area (Å²) in [6.07, 6.45) is 0.109. The predicted octanol–water partition coefficient (Wildman–Crippen LogP) is 4.81. The molecule has 0 heterocycles. The van der Waals surface area contributed by atoms with Crippen molar-refractivity contribution < 1.29 is 23.8 Å². The van der Waals surface area contributed by atoms with Crippen molar-refractivity contribution in [3.8, 4) is 5.75 Å². The summed E-state index contributed by atoms with van der Waals surface area (Å²) < 4.78 is 16.2. The van der Waals surface area contributed by atoms with Crippen molar-refractivity contribution >= 4 is 23.5 Å². The van der Waals surface area contributed by atoms with E-state index in [1.165, 1.54) is 0 Å². The average molecular weight is 434 g/mol. The summed E-state index contributed by atoms with van der Waals surface area (Å²) >= 11 is 6.09. The van der Waals surface area contributed by atoms with Crippen molar-refractivity contribution in [1.29, 1.82) is 0 Å². The van der Waals surface area contributed by atoms with Gasteiger partial charge in [0.2, 0.25) is 0 Å². The van der Waals surface area contributed by atoms with E-state index in [0.29, 0.717) is 41.7 Å². The lowest BCUT2D eigenvalue weighted by Crippen LogP contribution is -2.27. The molecule has 0 fully saturated rings. The number of nitrogens with one attached hydrogen (secondary N) is 1. The third-order valence-electron chi connectivity index (χ3n) is 4.25. The Kier molecular flexibility index (Phi) is 9.15. The van der Waals surface area contributed by atoms with Crippen LogP contribution in [0.5, 0.6) is 5.75 Å². The van der Waals surface area contributed by atoms with Gasteiger partial charge in [0.1, 0.15) is 12.4 Å². The number of esters is 1. The standard InChI is InChI=1S/C23H28ClNO5/c1-5-28-23(27)18-8-6-17(7-9-18)16(4)25-22(26)20-14-19(24)10-11-21(20)30-13-12-29-15(2)3/h6-11,14-16H,5,12-13H2,1-4H3,(H,25,26)/t16-/m0/s1. The van der Waals surface area contributed by atoms with Crippen molar-refractivity contribution in [2.75, 3.05) is 19.8 Å². The molecule has 0 radical (unpaired) electrons. The first kappa shape index (κ1) is 23.7. The van der Waals surface area contributed by atoms with Crippen LogP contribution in [0, 0.1) is 0 Å². The monoisotopic (exact) mass is 433 g/mol. The molecule has 2 rings (SSSR count). The molecule has 1 amide bonds. The summed E-state index contributed by atoms with van der Waals surface area (Å²) in [6.45, 7) is 8.58. The molecule has 7 heteroatoms. The maximum Gasteiger partial charge on any atom is 0.338 e. The molecule has 2 aromatic rings. The number of hydrogen-bond acceptors (Lipinski definition) is 5. The van der Waals surface area contributed by atoms with Crippen LogP contribution in [-0.4, -0.2) is 37.8 Å². The highest BCUT2D eigenvalue weighted by Crippen LogP contribution is 2.24. The van der Waals surface area contributed by atoms with Gasteiger partial charge in [0.15, 0.2) is 0 Å². The molecule has 0 aromatic heterocycles. The minimum atomic E-state index is -0.372. The van der Waals surface area contributed by atoms with Crippen molar-refractivity contribution in [3.63, 3.8) is 0 Å². The van der Waals surface area contributed by atoms with Crippen molar-refractivity contribution in [3.05, 3.63) is 64.2 Å². The first-order valence-corrected chi connectivity index (χ1v) is 10.3. The molecule has 162 valence electrons. The summed E-state index contributed by atoms with van der Waals surface area (Å²) in [5.74, 6) is -0.240. The predicted molar refractivity (Wildman–Crippen MR) is 116 cm³/mol. The zero-order valence-corrected chi connectivity index (χ0v) is 18.5. The summed E-state index contributed by atoms with van der Waals surface area (Å²) in [7, 11) is 0. The molecular formula is C23H28ClNO5. The number of rotatable bonds is 10. The van der Waals surface area contributed by atoms with E-state index in [1.54, 1.807) is 49.4 Å². The van der Waals surface area contributed by atoms with Gasteiger partial charge in [-0.2, -0.15) is 0 Å². The van der Waals surface area contributed by atoms with Crippen LogP contribution < -0.4 is 10.1 Å². The largest absolute Gasteiger partial charge is 0.490 e. The summed E-state index contributed by atoms with van der Waals surface area (Å²) in [6, 6.07) is 11.6. The van der Waals surface area contributed by atoms with E-state index < -0.39 is 0 Å². The normalized spacial score (nSPS) is 11.8. The zero-order valence-electron chi connectivity index (χ0n) is 17.7. The molecule has 0 aliphatic heterocycles. The van der Waals surface area contributed by atoms with Gasteiger partial charge in [-0.15, -0.1) is 0 Å². The van der Waals surface area contributed by atoms with Gasteiger partial charge in [0.25, 0.3) is 5.91 Å². The third kappa shape index (κ3) is 7.04. The van der Waals surface area contributed by atoms with Gasteiger partial charge in [0, 0.05) is 5.02 Å². The zero-order chi connectivity index (χ0) is 22.1. The fourth-order valence-corrected chi connectivity index (χ4v) is 2.89. The molecule has 30 heavy (non-hydrogen) atoms. The van der Waals surface area contributed by atoms with Crippen LogP contribution in [0.1, 0.15) is 60.0 Å². The fraction of sp³-hybridized carbons (Fsp3) is 0.391. The van der Waals surface area contributed by atoms with Crippen LogP contribution in [0.15, 0.2) is 42.5 Å². The molecule has 0 saturated carbocycles. The molecule has 1 atom stereocenters. The van der Waals surface area contributed by atoms with Crippen LogP contribution in [-0.2, 0) is 9.47 Å². The highest BCUT2D eigenvalue weighted by Gasteiger charge is 2.17. The first-order valence-electron chi connectivity index (χ1n) is 9.93. The quantitative estimate of drug-likeness (QED) is 0.430. The second-order valence-electron chi connectivity index (χ2n) is 6.95. The molecular weight excluding hydrogens is 406 g/mol. The van der Waals surface area contributed by atoms with Gasteiger partial charge in [0.05, 0.1) is 36.5 Å². The molecule has 0 bridgehead atoms. The number of halogens is 1. The Hall–Kier alpha value is -2.57. The molecule has 6 nitrogen and oxygen atoms in total. The number of carbonyl (C=O) groups excluding carboxylic acids is 2. The van der Waals surface area contributed by atoms with Crippen LogP contribution in [0.3, 0.4) is 0 Å². The molecule has 0 aliphatic carbocycles. The van der Waals surface area contributed by atoms with E-state index in [1.807, 2.05) is 20.8 Å². The summed E-state index contributed by atoms with van der Waals surface area (Å²) in [4.78, 5) is 24.6. The van der Waals surface area contributed by atoms with Crippen molar-refractivity contribution in [2.45, 2.75) is 39.8 Å². The van der Waals surface area contributed by atoms with Gasteiger partial charge in [-0.1, -0.05) is 23.7 Å². The second-order valence-corrected chi connectivity index (χ2v) is 7.38. The van der Waals surface area contributed by atoms with Crippen LogP contribution in [0.25, 0.3) is 0 Å². The van der Waals surface area contributed by atoms with Gasteiger partial charge in [-0.05, 0) is 63.6 Å². The van der Waals surface area contributed by atoms with Gasteiger partial charge < -0.3 is 19.5 Å². The van der Waals surface area contributed by atoms with Gasteiger partial charge >= 0.3 is 5.97 Å². The molecule has 2 aromatic carbocycles. The van der Waals surface area contributed by atoms with Gasteiger partial charge in [-0.3, -0.25) is 4.79 Å². The molecule has 0 spiro atoms. The Morgan fingerprint density at radius 2 is 1.73 bits per heavy atom. The fourth-order valence-electron chi connectivity index (χ4n) is 2.72. The highest BCUT2D eigenvalue weighted by atomic mass is 35.5. The number of amides is 1. The minimum Gasteiger partial charge on any atom is -0.490 e. The maximum atomic E-state index is 12.8. The van der Waals surface area contributed by atoms with Crippen molar-refractivity contribution in [2.24, 2.45) is 0 Å². The number of hydrogen-bond donors (Lipinski definition) is 1. The van der Waals surface area contributed by atoms with E-state index in [2.05, 4.69) is 5.32 Å². The molecule has 0 unspecified atom stereocenters. The lowest BCUT2D eigenvalue weighted by molar-refractivity contribution is 0.0526. The van der Waals surface area contributed by atoms with Crippen LogP contribution in [0.4, 0.5) is 0 Å². The Morgan fingerprint density at radius 1 is 1.03 bits per heavy atom. The Labute approximate surface area is 182 Å². The van der Waals surface area contributed by atoms with Gasteiger partial charge in [-0.25, -0.2) is 4.79 Å². The summed E-state index contributed by atoms with van der Waals surface area (Å²) in [5.41, 5.74) is 1.67. The second kappa shape index (κ2) is 11.6.